The summed E-state index contributed by atoms with van der Waals surface area (Å²) in [6.07, 6.45) is 5.06. The molecule has 0 aromatic carbocycles. The van der Waals surface area contributed by atoms with Gasteiger partial charge in [-0.15, -0.1) is 0 Å². The number of rotatable bonds is 1. The van der Waals surface area contributed by atoms with Gasteiger partial charge in [-0.3, -0.25) is 4.79 Å². The van der Waals surface area contributed by atoms with Crippen molar-refractivity contribution in [2.45, 2.75) is 50.2 Å². The van der Waals surface area contributed by atoms with Gasteiger partial charge in [0.05, 0.1) is 11.6 Å². The van der Waals surface area contributed by atoms with Crippen LogP contribution in [0.5, 0.6) is 0 Å². The zero-order valence-electron chi connectivity index (χ0n) is 9.11. The van der Waals surface area contributed by atoms with Crippen LogP contribution in [0.25, 0.3) is 0 Å². The van der Waals surface area contributed by atoms with Gasteiger partial charge in [-0.1, -0.05) is 12.8 Å². The third kappa shape index (κ3) is 2.16. The van der Waals surface area contributed by atoms with E-state index < -0.39 is 5.54 Å². The highest BCUT2D eigenvalue weighted by Gasteiger charge is 2.40. The topological polar surface area (TPSA) is 66.6 Å². The van der Waals surface area contributed by atoms with Gasteiger partial charge >= 0.3 is 0 Å². The molecule has 0 bridgehead atoms. The zero-order chi connectivity index (χ0) is 10.9. The number of carbonyl (C=O) groups excluding carboxylic acids is 1. The number of nitrogens with zero attached hydrogens (tertiary/aromatic N) is 1. The monoisotopic (exact) mass is 212 g/mol. The Morgan fingerprint density at radius 3 is 2.60 bits per heavy atom. The SMILES string of the molecule is NC1(C(=O)N2CCC[C@H](O)C2)CCCC1. The van der Waals surface area contributed by atoms with Crippen LogP contribution >= 0.6 is 0 Å². The van der Waals surface area contributed by atoms with Crippen molar-refractivity contribution in [3.05, 3.63) is 0 Å². The summed E-state index contributed by atoms with van der Waals surface area (Å²) < 4.78 is 0. The fourth-order valence-corrected chi connectivity index (χ4v) is 2.67. The Morgan fingerprint density at radius 2 is 2.00 bits per heavy atom. The summed E-state index contributed by atoms with van der Waals surface area (Å²) >= 11 is 0. The number of carbonyl (C=O) groups is 1. The lowest BCUT2D eigenvalue weighted by molar-refractivity contribution is -0.139. The van der Waals surface area contributed by atoms with Gasteiger partial charge in [0.2, 0.25) is 5.91 Å². The molecular formula is C11H20N2O2. The van der Waals surface area contributed by atoms with Crippen molar-refractivity contribution in [1.82, 2.24) is 4.90 Å². The molecule has 1 saturated carbocycles. The summed E-state index contributed by atoms with van der Waals surface area (Å²) in [5.41, 5.74) is 5.48. The predicted molar refractivity (Wildman–Crippen MR) is 57.2 cm³/mol. The average molecular weight is 212 g/mol. The molecule has 0 spiro atoms. The minimum Gasteiger partial charge on any atom is -0.391 e. The first-order valence-electron chi connectivity index (χ1n) is 5.88. The molecule has 2 aliphatic rings. The van der Waals surface area contributed by atoms with E-state index in [0.29, 0.717) is 6.54 Å². The molecule has 86 valence electrons. The number of nitrogens with two attached hydrogens (primary N) is 1. The molecule has 1 amide bonds. The van der Waals surface area contributed by atoms with Gasteiger partial charge in [-0.25, -0.2) is 0 Å². The number of likely N-dealkylation sites (tertiary alicyclic amines) is 1. The first-order valence-corrected chi connectivity index (χ1v) is 5.88. The van der Waals surface area contributed by atoms with Gasteiger partial charge in [0, 0.05) is 13.1 Å². The van der Waals surface area contributed by atoms with E-state index in [4.69, 9.17) is 5.73 Å². The molecule has 4 heteroatoms. The molecule has 1 heterocycles. The molecule has 1 aliphatic heterocycles. The number of amides is 1. The summed E-state index contributed by atoms with van der Waals surface area (Å²) in [7, 11) is 0. The Bertz CT molecular complexity index is 249. The average Bonchev–Trinajstić information content (AvgIpc) is 2.65. The van der Waals surface area contributed by atoms with Gasteiger partial charge in [-0.2, -0.15) is 0 Å². The maximum absolute atomic E-state index is 12.2. The normalized spacial score (nSPS) is 30.5. The number of aliphatic hydroxyl groups excluding tert-OH is 1. The molecule has 2 fully saturated rings. The van der Waals surface area contributed by atoms with E-state index in [1.165, 1.54) is 0 Å². The van der Waals surface area contributed by atoms with E-state index in [9.17, 15) is 9.90 Å². The van der Waals surface area contributed by atoms with Crippen molar-refractivity contribution in [3.63, 3.8) is 0 Å². The molecule has 0 aromatic rings. The second-order valence-corrected chi connectivity index (χ2v) is 4.91. The van der Waals surface area contributed by atoms with E-state index in [-0.39, 0.29) is 12.0 Å². The summed E-state index contributed by atoms with van der Waals surface area (Å²) in [4.78, 5) is 13.9. The molecule has 4 nitrogen and oxygen atoms in total. The molecule has 15 heavy (non-hydrogen) atoms. The van der Waals surface area contributed by atoms with Gasteiger partial charge in [-0.05, 0) is 25.7 Å². The molecule has 2 rings (SSSR count). The minimum atomic E-state index is -0.628. The van der Waals surface area contributed by atoms with Crippen LogP contribution in [-0.2, 0) is 4.79 Å². The largest absolute Gasteiger partial charge is 0.391 e. The van der Waals surface area contributed by atoms with Crippen LogP contribution < -0.4 is 5.73 Å². The van der Waals surface area contributed by atoms with E-state index in [1.807, 2.05) is 0 Å². The van der Waals surface area contributed by atoms with Crippen LogP contribution in [0.15, 0.2) is 0 Å². The van der Waals surface area contributed by atoms with E-state index in [0.717, 1.165) is 45.1 Å². The molecule has 3 N–H and O–H groups in total. The number of piperidine rings is 1. The predicted octanol–water partition coefficient (Wildman–Crippen LogP) is 0.241. The maximum Gasteiger partial charge on any atom is 0.242 e. The van der Waals surface area contributed by atoms with Crippen LogP contribution in [-0.4, -0.2) is 40.6 Å². The van der Waals surface area contributed by atoms with Crippen molar-refractivity contribution in [2.24, 2.45) is 5.73 Å². The molecule has 1 saturated heterocycles. The third-order valence-electron chi connectivity index (χ3n) is 3.61. The number of hydrogen-bond acceptors (Lipinski definition) is 3. The zero-order valence-corrected chi connectivity index (χ0v) is 9.11. The Balaban J connectivity index is 2.00. The van der Waals surface area contributed by atoms with Gasteiger partial charge in [0.1, 0.15) is 0 Å². The number of aliphatic hydroxyl groups is 1. The third-order valence-corrected chi connectivity index (χ3v) is 3.61. The van der Waals surface area contributed by atoms with Crippen LogP contribution in [0.1, 0.15) is 38.5 Å². The van der Waals surface area contributed by atoms with E-state index in [2.05, 4.69) is 0 Å². The standard InChI is InChI=1S/C11H20N2O2/c12-11(5-1-2-6-11)10(15)13-7-3-4-9(14)8-13/h9,14H,1-8,12H2/t9-/m0/s1. The first-order chi connectivity index (χ1) is 7.12. The number of hydrogen-bond donors (Lipinski definition) is 2. The highest BCUT2D eigenvalue weighted by Crippen LogP contribution is 2.29. The quantitative estimate of drug-likeness (QED) is 0.654. The van der Waals surface area contributed by atoms with Crippen LogP contribution in [0.2, 0.25) is 0 Å². The van der Waals surface area contributed by atoms with Crippen LogP contribution in [0, 0.1) is 0 Å². The Hall–Kier alpha value is -0.610. The fourth-order valence-electron chi connectivity index (χ4n) is 2.67. The van der Waals surface area contributed by atoms with Gasteiger partial charge < -0.3 is 15.7 Å². The summed E-state index contributed by atoms with van der Waals surface area (Å²) in [6.45, 7) is 1.23. The maximum atomic E-state index is 12.2. The first kappa shape index (κ1) is 10.9. The summed E-state index contributed by atoms with van der Waals surface area (Å²) in [5.74, 6) is 0.0544. The number of β-amino-alcohol motifs (C(OH)–C–C–N with tert-alkyl or cyclic N) is 1. The second-order valence-electron chi connectivity index (χ2n) is 4.91. The highest BCUT2D eigenvalue weighted by atomic mass is 16.3. The summed E-state index contributed by atoms with van der Waals surface area (Å²) in [5, 5.41) is 9.52. The highest BCUT2D eigenvalue weighted by molar-refractivity contribution is 5.86. The Morgan fingerprint density at radius 1 is 1.33 bits per heavy atom. The van der Waals surface area contributed by atoms with Crippen molar-refractivity contribution >= 4 is 5.91 Å². The van der Waals surface area contributed by atoms with E-state index >= 15 is 0 Å². The Labute approximate surface area is 90.4 Å². The van der Waals surface area contributed by atoms with Crippen LogP contribution in [0.3, 0.4) is 0 Å². The van der Waals surface area contributed by atoms with Crippen LogP contribution in [0.4, 0.5) is 0 Å². The molecule has 0 aromatic heterocycles. The smallest absolute Gasteiger partial charge is 0.242 e. The van der Waals surface area contributed by atoms with Gasteiger partial charge in [0.25, 0.3) is 0 Å². The minimum absolute atomic E-state index is 0.0544. The second kappa shape index (κ2) is 4.10. The molecule has 0 unspecified atom stereocenters. The lowest BCUT2D eigenvalue weighted by Gasteiger charge is -2.35. The molecule has 1 aliphatic carbocycles. The molecule has 0 radical (unpaired) electrons. The van der Waals surface area contributed by atoms with Crippen molar-refractivity contribution in [1.29, 1.82) is 0 Å². The summed E-state index contributed by atoms with van der Waals surface area (Å²) in [6, 6.07) is 0. The fraction of sp³-hybridized carbons (Fsp3) is 0.909. The van der Waals surface area contributed by atoms with E-state index in [1.54, 1.807) is 4.90 Å². The molecular weight excluding hydrogens is 192 g/mol. The van der Waals surface area contributed by atoms with Crippen molar-refractivity contribution in [3.8, 4) is 0 Å². The van der Waals surface area contributed by atoms with Crippen molar-refractivity contribution < 1.29 is 9.90 Å². The lowest BCUT2D eigenvalue weighted by atomic mass is 9.95. The van der Waals surface area contributed by atoms with Crippen molar-refractivity contribution in [2.75, 3.05) is 13.1 Å². The van der Waals surface area contributed by atoms with Gasteiger partial charge in [0.15, 0.2) is 0 Å². The lowest BCUT2D eigenvalue weighted by Crippen LogP contribution is -2.56. The Kier molecular flexibility index (Phi) is 2.98. The molecule has 1 atom stereocenters.